The van der Waals surface area contributed by atoms with Crippen LogP contribution in [0, 0.1) is 0 Å². The Morgan fingerprint density at radius 2 is 2.00 bits per heavy atom. The average Bonchev–Trinajstić information content (AvgIpc) is 2.37. The second kappa shape index (κ2) is 5.56. The van der Waals surface area contributed by atoms with E-state index in [0.717, 1.165) is 5.56 Å². The number of H-pyrrole nitrogens is 1. The smallest absolute Gasteiger partial charge is 0.254 e. The molecule has 0 aliphatic carbocycles. The molecule has 1 aromatic carbocycles. The summed E-state index contributed by atoms with van der Waals surface area (Å²) in [6.07, 6.45) is 0. The molecule has 0 aliphatic rings. The number of hydrogen-bond donors (Lipinski definition) is 2. The lowest BCUT2D eigenvalue weighted by Gasteiger charge is -2.08. The highest BCUT2D eigenvalue weighted by molar-refractivity contribution is 5.39. The minimum atomic E-state index is -0.203. The Morgan fingerprint density at radius 1 is 1.32 bits per heavy atom. The van der Waals surface area contributed by atoms with Gasteiger partial charge in [0.25, 0.3) is 5.56 Å². The molecule has 3 N–H and O–H groups in total. The van der Waals surface area contributed by atoms with Crippen molar-refractivity contribution in [3.8, 4) is 5.88 Å². The molecule has 0 saturated heterocycles. The van der Waals surface area contributed by atoms with Crippen LogP contribution in [0.3, 0.4) is 0 Å². The molecule has 19 heavy (non-hydrogen) atoms. The van der Waals surface area contributed by atoms with E-state index in [1.807, 2.05) is 38.1 Å². The van der Waals surface area contributed by atoms with Crippen molar-refractivity contribution in [3.63, 3.8) is 0 Å². The largest absolute Gasteiger partial charge is 0.473 e. The van der Waals surface area contributed by atoms with Gasteiger partial charge in [-0.15, -0.1) is 0 Å². The molecule has 0 fully saturated rings. The van der Waals surface area contributed by atoms with Gasteiger partial charge in [-0.05, 0) is 17.7 Å². The third-order valence-electron chi connectivity index (χ3n) is 2.65. The van der Waals surface area contributed by atoms with Crippen molar-refractivity contribution in [2.24, 2.45) is 0 Å². The van der Waals surface area contributed by atoms with Crippen molar-refractivity contribution in [1.29, 1.82) is 0 Å². The maximum atomic E-state index is 11.5. The van der Waals surface area contributed by atoms with Crippen LogP contribution < -0.4 is 16.0 Å². The molecule has 0 atom stereocenters. The molecule has 0 radical (unpaired) electrons. The summed E-state index contributed by atoms with van der Waals surface area (Å²) < 4.78 is 5.53. The number of nitrogen functional groups attached to an aromatic ring is 1. The summed E-state index contributed by atoms with van der Waals surface area (Å²) in [4.78, 5) is 18.4. The van der Waals surface area contributed by atoms with Crippen LogP contribution in [0.2, 0.25) is 0 Å². The summed E-state index contributed by atoms with van der Waals surface area (Å²) in [5, 5.41) is 0. The van der Waals surface area contributed by atoms with Gasteiger partial charge in [0.05, 0.1) is 6.07 Å². The van der Waals surface area contributed by atoms with Crippen molar-refractivity contribution in [3.05, 3.63) is 52.1 Å². The molecule has 0 amide bonds. The van der Waals surface area contributed by atoms with Crippen molar-refractivity contribution in [2.75, 3.05) is 5.73 Å². The molecular formula is C14H17N3O2. The first-order valence-corrected chi connectivity index (χ1v) is 6.13. The van der Waals surface area contributed by atoms with E-state index < -0.39 is 0 Å². The van der Waals surface area contributed by atoms with Crippen molar-refractivity contribution < 1.29 is 4.74 Å². The zero-order chi connectivity index (χ0) is 13.8. The van der Waals surface area contributed by atoms with Crippen LogP contribution in [0.15, 0.2) is 35.1 Å². The summed E-state index contributed by atoms with van der Waals surface area (Å²) in [5.74, 6) is 1.11. The van der Waals surface area contributed by atoms with Crippen LogP contribution in [-0.4, -0.2) is 9.97 Å². The predicted octanol–water partition coefficient (Wildman–Crippen LogP) is 2.05. The molecule has 0 unspecified atom stereocenters. The molecule has 100 valence electrons. The van der Waals surface area contributed by atoms with Crippen LogP contribution in [0.5, 0.6) is 5.88 Å². The van der Waals surface area contributed by atoms with E-state index in [1.54, 1.807) is 0 Å². The molecular weight excluding hydrogens is 242 g/mol. The quantitative estimate of drug-likeness (QED) is 0.823. The lowest BCUT2D eigenvalue weighted by Crippen LogP contribution is -2.13. The molecule has 1 aromatic heterocycles. The first kappa shape index (κ1) is 13.1. The second-order valence-corrected chi connectivity index (χ2v) is 4.65. The van der Waals surface area contributed by atoms with E-state index in [0.29, 0.717) is 24.0 Å². The number of aromatic nitrogens is 2. The maximum Gasteiger partial charge on any atom is 0.254 e. The van der Waals surface area contributed by atoms with E-state index >= 15 is 0 Å². The number of nitrogens with two attached hydrogens (primary N) is 1. The Bertz CT molecular complexity index is 603. The first-order valence-electron chi connectivity index (χ1n) is 6.13. The molecule has 0 bridgehead atoms. The topological polar surface area (TPSA) is 81.0 Å². The van der Waals surface area contributed by atoms with Gasteiger partial charge in [0.1, 0.15) is 12.4 Å². The summed E-state index contributed by atoms with van der Waals surface area (Å²) >= 11 is 0. The zero-order valence-corrected chi connectivity index (χ0v) is 11.0. The molecule has 2 aromatic rings. The Labute approximate surface area is 111 Å². The van der Waals surface area contributed by atoms with Gasteiger partial charge in [0, 0.05) is 11.6 Å². The van der Waals surface area contributed by atoms with Gasteiger partial charge in [0.2, 0.25) is 5.88 Å². The third kappa shape index (κ3) is 3.58. The van der Waals surface area contributed by atoms with Crippen molar-refractivity contribution in [1.82, 2.24) is 9.97 Å². The predicted molar refractivity (Wildman–Crippen MR) is 74.1 cm³/mol. The van der Waals surface area contributed by atoms with Gasteiger partial charge in [0.15, 0.2) is 0 Å². The fraction of sp³-hybridized carbons (Fsp3) is 0.286. The molecule has 5 nitrogen and oxygen atoms in total. The minimum absolute atomic E-state index is 0.146. The van der Waals surface area contributed by atoms with E-state index in [2.05, 4.69) is 9.97 Å². The Kier molecular flexibility index (Phi) is 3.85. The molecule has 0 saturated carbocycles. The summed E-state index contributed by atoms with van der Waals surface area (Å²) in [7, 11) is 0. The number of rotatable bonds is 4. The fourth-order valence-electron chi connectivity index (χ4n) is 1.57. The van der Waals surface area contributed by atoms with Crippen LogP contribution in [0.25, 0.3) is 0 Å². The molecule has 0 aliphatic heterocycles. The zero-order valence-electron chi connectivity index (χ0n) is 11.0. The van der Waals surface area contributed by atoms with Gasteiger partial charge >= 0.3 is 0 Å². The average molecular weight is 259 g/mol. The van der Waals surface area contributed by atoms with Crippen LogP contribution in [-0.2, 0) is 6.61 Å². The highest BCUT2D eigenvalue weighted by Crippen LogP contribution is 2.13. The normalized spacial score (nSPS) is 10.7. The van der Waals surface area contributed by atoms with Gasteiger partial charge in [-0.2, -0.15) is 4.98 Å². The summed E-state index contributed by atoms with van der Waals surface area (Å²) in [6, 6.07) is 8.73. The van der Waals surface area contributed by atoms with Crippen LogP contribution in [0.4, 0.5) is 5.69 Å². The number of anilines is 1. The SMILES string of the molecule is CC(C)c1nc(OCc2ccc(N)cc2)cc(=O)[nH]1. The Hall–Kier alpha value is -2.30. The second-order valence-electron chi connectivity index (χ2n) is 4.65. The van der Waals surface area contributed by atoms with Gasteiger partial charge in [-0.1, -0.05) is 26.0 Å². The number of benzene rings is 1. The fourth-order valence-corrected chi connectivity index (χ4v) is 1.57. The number of nitrogens with zero attached hydrogens (tertiary/aromatic N) is 1. The first-order chi connectivity index (χ1) is 9.04. The Morgan fingerprint density at radius 3 is 2.63 bits per heavy atom. The highest BCUT2D eigenvalue weighted by atomic mass is 16.5. The number of hydrogen-bond acceptors (Lipinski definition) is 4. The lowest BCUT2D eigenvalue weighted by atomic mass is 10.2. The number of aromatic amines is 1. The summed E-state index contributed by atoms with van der Waals surface area (Å²) in [6.45, 7) is 4.28. The summed E-state index contributed by atoms with van der Waals surface area (Å²) in [5.41, 5.74) is 7.09. The molecule has 1 heterocycles. The molecule has 2 rings (SSSR count). The van der Waals surface area contributed by atoms with E-state index in [4.69, 9.17) is 10.5 Å². The minimum Gasteiger partial charge on any atom is -0.473 e. The van der Waals surface area contributed by atoms with E-state index in [9.17, 15) is 4.79 Å². The number of nitrogens with one attached hydrogen (secondary N) is 1. The maximum absolute atomic E-state index is 11.5. The van der Waals surface area contributed by atoms with E-state index in [1.165, 1.54) is 6.07 Å². The van der Waals surface area contributed by atoms with Crippen molar-refractivity contribution in [2.45, 2.75) is 26.4 Å². The highest BCUT2D eigenvalue weighted by Gasteiger charge is 2.06. The molecule has 5 heteroatoms. The Balaban J connectivity index is 2.11. The van der Waals surface area contributed by atoms with E-state index in [-0.39, 0.29) is 11.5 Å². The van der Waals surface area contributed by atoms with Gasteiger partial charge < -0.3 is 15.5 Å². The van der Waals surface area contributed by atoms with Crippen LogP contribution >= 0.6 is 0 Å². The third-order valence-corrected chi connectivity index (χ3v) is 2.65. The van der Waals surface area contributed by atoms with Crippen LogP contribution in [0.1, 0.15) is 31.2 Å². The number of ether oxygens (including phenoxy) is 1. The lowest BCUT2D eigenvalue weighted by molar-refractivity contribution is 0.291. The van der Waals surface area contributed by atoms with Gasteiger partial charge in [-0.25, -0.2) is 0 Å². The van der Waals surface area contributed by atoms with Gasteiger partial charge in [-0.3, -0.25) is 4.79 Å². The van der Waals surface area contributed by atoms with Crippen molar-refractivity contribution >= 4 is 5.69 Å². The monoisotopic (exact) mass is 259 g/mol. The standard InChI is InChI=1S/C14H17N3O2/c1-9(2)14-16-12(18)7-13(17-14)19-8-10-3-5-11(15)6-4-10/h3-7,9H,8,15H2,1-2H3,(H,16,17,18). The molecule has 0 spiro atoms.